The third kappa shape index (κ3) is 2.81. The van der Waals surface area contributed by atoms with Gasteiger partial charge in [-0.05, 0) is 32.7 Å². The van der Waals surface area contributed by atoms with Crippen molar-refractivity contribution in [2.24, 2.45) is 0 Å². The molecular formula is C16H23NO. The van der Waals surface area contributed by atoms with E-state index in [9.17, 15) is 4.79 Å². The zero-order valence-corrected chi connectivity index (χ0v) is 11.4. The van der Waals surface area contributed by atoms with Gasteiger partial charge >= 0.3 is 0 Å². The Morgan fingerprint density at radius 3 is 2.67 bits per heavy atom. The fraction of sp³-hybridized carbons (Fsp3) is 0.562. The number of hydrogen-bond acceptors (Lipinski definition) is 2. The molecule has 0 bridgehead atoms. The molecule has 0 amide bonds. The van der Waals surface area contributed by atoms with Crippen LogP contribution in [0.15, 0.2) is 30.3 Å². The number of benzene rings is 1. The monoisotopic (exact) mass is 245 g/mol. The van der Waals surface area contributed by atoms with Gasteiger partial charge in [-0.25, -0.2) is 0 Å². The maximum atomic E-state index is 12.6. The van der Waals surface area contributed by atoms with E-state index in [4.69, 9.17) is 0 Å². The third-order valence-corrected chi connectivity index (χ3v) is 3.93. The zero-order chi connectivity index (χ0) is 13.0. The molecule has 1 heterocycles. The molecule has 1 aromatic rings. The molecule has 2 heteroatoms. The fourth-order valence-electron chi connectivity index (χ4n) is 2.93. The van der Waals surface area contributed by atoms with Gasteiger partial charge in [0.15, 0.2) is 5.78 Å². The van der Waals surface area contributed by atoms with E-state index >= 15 is 0 Å². The standard InChI is InChI=1S/C16H23NO/c1-3-8-15(17-12-7-9-13(17)2)16(18)14-10-5-4-6-11-14/h4-6,10-11,13,15H,3,7-9,12H2,1-2H3. The number of Topliss-reactive ketones (excluding diaryl/α,β-unsaturated/α-hetero) is 1. The molecule has 1 aliphatic rings. The average Bonchev–Trinajstić information content (AvgIpc) is 2.82. The first kappa shape index (κ1) is 13.3. The van der Waals surface area contributed by atoms with E-state index < -0.39 is 0 Å². The van der Waals surface area contributed by atoms with E-state index in [0.717, 1.165) is 24.9 Å². The van der Waals surface area contributed by atoms with Crippen LogP contribution in [0.3, 0.4) is 0 Å². The van der Waals surface area contributed by atoms with Crippen LogP contribution in [0.4, 0.5) is 0 Å². The lowest BCUT2D eigenvalue weighted by molar-refractivity contribution is 0.0792. The van der Waals surface area contributed by atoms with Crippen molar-refractivity contribution in [1.82, 2.24) is 4.90 Å². The van der Waals surface area contributed by atoms with Crippen molar-refractivity contribution < 1.29 is 4.79 Å². The molecule has 2 rings (SSSR count). The second-order valence-electron chi connectivity index (χ2n) is 5.26. The molecule has 2 nitrogen and oxygen atoms in total. The lowest BCUT2D eigenvalue weighted by Gasteiger charge is -2.30. The summed E-state index contributed by atoms with van der Waals surface area (Å²) in [5, 5.41) is 0. The lowest BCUT2D eigenvalue weighted by Crippen LogP contribution is -2.43. The number of carbonyl (C=O) groups excluding carboxylic acids is 1. The van der Waals surface area contributed by atoms with Gasteiger partial charge in [-0.3, -0.25) is 9.69 Å². The van der Waals surface area contributed by atoms with Gasteiger partial charge in [-0.2, -0.15) is 0 Å². The number of hydrogen-bond donors (Lipinski definition) is 0. The molecule has 0 spiro atoms. The normalized spacial score (nSPS) is 22.0. The Bertz CT molecular complexity index is 387. The summed E-state index contributed by atoms with van der Waals surface area (Å²) in [4.78, 5) is 15.0. The molecular weight excluding hydrogens is 222 g/mol. The maximum Gasteiger partial charge on any atom is 0.179 e. The second kappa shape index (κ2) is 6.14. The topological polar surface area (TPSA) is 20.3 Å². The highest BCUT2D eigenvalue weighted by Gasteiger charge is 2.32. The molecule has 2 unspecified atom stereocenters. The zero-order valence-electron chi connectivity index (χ0n) is 11.4. The number of likely N-dealkylation sites (tertiary alicyclic amines) is 1. The molecule has 0 N–H and O–H groups in total. The Balaban J connectivity index is 2.17. The van der Waals surface area contributed by atoms with Gasteiger partial charge in [0, 0.05) is 11.6 Å². The molecule has 98 valence electrons. The largest absolute Gasteiger partial charge is 0.292 e. The number of carbonyl (C=O) groups is 1. The summed E-state index contributed by atoms with van der Waals surface area (Å²) in [6, 6.07) is 10.4. The predicted molar refractivity (Wildman–Crippen MR) is 74.9 cm³/mol. The van der Waals surface area contributed by atoms with Crippen molar-refractivity contribution in [3.63, 3.8) is 0 Å². The van der Waals surface area contributed by atoms with Gasteiger partial charge in [0.25, 0.3) is 0 Å². The number of ketones is 1. The van der Waals surface area contributed by atoms with E-state index in [1.165, 1.54) is 12.8 Å². The smallest absolute Gasteiger partial charge is 0.179 e. The van der Waals surface area contributed by atoms with E-state index in [0.29, 0.717) is 11.8 Å². The summed E-state index contributed by atoms with van der Waals surface area (Å²) in [6.45, 7) is 5.48. The van der Waals surface area contributed by atoms with E-state index in [-0.39, 0.29) is 6.04 Å². The van der Waals surface area contributed by atoms with E-state index in [1.54, 1.807) is 0 Å². The van der Waals surface area contributed by atoms with Crippen LogP contribution >= 0.6 is 0 Å². The first-order valence-corrected chi connectivity index (χ1v) is 7.09. The van der Waals surface area contributed by atoms with Gasteiger partial charge in [-0.15, -0.1) is 0 Å². The highest BCUT2D eigenvalue weighted by atomic mass is 16.1. The predicted octanol–water partition coefficient (Wildman–Crippen LogP) is 3.52. The molecule has 18 heavy (non-hydrogen) atoms. The summed E-state index contributed by atoms with van der Waals surface area (Å²) in [6.07, 6.45) is 4.48. The average molecular weight is 245 g/mol. The van der Waals surface area contributed by atoms with Gasteiger partial charge in [-0.1, -0.05) is 43.7 Å². The first-order valence-electron chi connectivity index (χ1n) is 7.09. The number of nitrogens with zero attached hydrogens (tertiary/aromatic N) is 1. The van der Waals surface area contributed by atoms with Gasteiger partial charge < -0.3 is 0 Å². The molecule has 0 aliphatic carbocycles. The fourth-order valence-corrected chi connectivity index (χ4v) is 2.93. The Morgan fingerprint density at radius 2 is 2.11 bits per heavy atom. The second-order valence-corrected chi connectivity index (χ2v) is 5.26. The van der Waals surface area contributed by atoms with Crippen LogP contribution in [0.1, 0.15) is 49.9 Å². The Kier molecular flexibility index (Phi) is 4.54. The summed E-state index contributed by atoms with van der Waals surface area (Å²) in [7, 11) is 0. The maximum absolute atomic E-state index is 12.6. The molecule has 0 radical (unpaired) electrons. The summed E-state index contributed by atoms with van der Waals surface area (Å²) in [5.74, 6) is 0.297. The molecule has 1 fully saturated rings. The van der Waals surface area contributed by atoms with Crippen LogP contribution in [0.25, 0.3) is 0 Å². The minimum absolute atomic E-state index is 0.0786. The van der Waals surface area contributed by atoms with Crippen molar-refractivity contribution in [1.29, 1.82) is 0 Å². The van der Waals surface area contributed by atoms with Crippen LogP contribution in [0.2, 0.25) is 0 Å². The third-order valence-electron chi connectivity index (χ3n) is 3.93. The summed E-state index contributed by atoms with van der Waals surface area (Å²) >= 11 is 0. The minimum atomic E-state index is 0.0786. The van der Waals surface area contributed by atoms with Gasteiger partial charge in [0.2, 0.25) is 0 Å². The Hall–Kier alpha value is -1.15. The number of rotatable bonds is 5. The highest BCUT2D eigenvalue weighted by Crippen LogP contribution is 2.24. The van der Waals surface area contributed by atoms with Crippen molar-refractivity contribution in [2.45, 2.75) is 51.6 Å². The molecule has 1 aliphatic heterocycles. The van der Waals surface area contributed by atoms with Crippen molar-refractivity contribution in [2.75, 3.05) is 6.54 Å². The van der Waals surface area contributed by atoms with Gasteiger partial charge in [0.05, 0.1) is 6.04 Å². The van der Waals surface area contributed by atoms with Crippen LogP contribution in [-0.4, -0.2) is 29.3 Å². The summed E-state index contributed by atoms with van der Waals surface area (Å²) < 4.78 is 0. The molecule has 0 aromatic heterocycles. The molecule has 1 saturated heterocycles. The summed E-state index contributed by atoms with van der Waals surface area (Å²) in [5.41, 5.74) is 0.857. The highest BCUT2D eigenvalue weighted by molar-refractivity contribution is 6.00. The van der Waals surface area contributed by atoms with E-state index in [2.05, 4.69) is 18.7 Å². The minimum Gasteiger partial charge on any atom is -0.292 e. The first-order chi connectivity index (χ1) is 8.74. The van der Waals surface area contributed by atoms with Crippen molar-refractivity contribution in [3.8, 4) is 0 Å². The Labute approximate surface area is 110 Å². The van der Waals surface area contributed by atoms with Crippen molar-refractivity contribution in [3.05, 3.63) is 35.9 Å². The Morgan fingerprint density at radius 1 is 1.39 bits per heavy atom. The van der Waals surface area contributed by atoms with Crippen LogP contribution in [-0.2, 0) is 0 Å². The molecule has 2 atom stereocenters. The van der Waals surface area contributed by atoms with Crippen molar-refractivity contribution >= 4 is 5.78 Å². The van der Waals surface area contributed by atoms with Gasteiger partial charge in [0.1, 0.15) is 0 Å². The van der Waals surface area contributed by atoms with Crippen LogP contribution in [0.5, 0.6) is 0 Å². The van der Waals surface area contributed by atoms with E-state index in [1.807, 2.05) is 30.3 Å². The lowest BCUT2D eigenvalue weighted by atomic mass is 9.98. The van der Waals surface area contributed by atoms with Crippen LogP contribution < -0.4 is 0 Å². The quantitative estimate of drug-likeness (QED) is 0.740. The SMILES string of the molecule is CCCC(C(=O)c1ccccc1)N1CCCC1C. The molecule has 0 saturated carbocycles. The molecule has 1 aromatic carbocycles. The van der Waals surface area contributed by atoms with Crippen LogP contribution in [0, 0.1) is 0 Å².